The smallest absolute Gasteiger partial charge is 0.315 e. The molecule has 3 amide bonds. The average molecular weight is 204 g/mol. The molecule has 2 saturated heterocycles. The highest BCUT2D eigenvalue weighted by Crippen LogP contribution is 2.38. The minimum absolute atomic E-state index is 0.0358. The van der Waals surface area contributed by atoms with Crippen LogP contribution in [0.3, 0.4) is 0 Å². The molecular weight excluding hydrogens is 194 g/mol. The Morgan fingerprint density at radius 3 is 2.71 bits per heavy atom. The molecule has 0 spiro atoms. The Labute approximate surface area is 79.5 Å². The number of alkyl halides is 2. The minimum Gasteiger partial charge on any atom is -0.315 e. The maximum Gasteiger partial charge on any atom is 0.326 e. The first-order valence-corrected chi connectivity index (χ1v) is 4.38. The van der Waals surface area contributed by atoms with Crippen molar-refractivity contribution in [2.45, 2.75) is 24.8 Å². The first-order valence-electron chi connectivity index (χ1n) is 4.38. The molecule has 4 nitrogen and oxygen atoms in total. The van der Waals surface area contributed by atoms with Crippen LogP contribution in [-0.4, -0.2) is 47.3 Å². The summed E-state index contributed by atoms with van der Waals surface area (Å²) in [5.74, 6) is -3.44. The van der Waals surface area contributed by atoms with Crippen molar-refractivity contribution < 1.29 is 18.4 Å². The third-order valence-corrected chi connectivity index (χ3v) is 2.82. The van der Waals surface area contributed by atoms with E-state index < -0.39 is 23.9 Å². The molecule has 2 fully saturated rings. The maximum absolute atomic E-state index is 13.2. The highest BCUT2D eigenvalue weighted by Gasteiger charge is 2.55. The summed E-state index contributed by atoms with van der Waals surface area (Å²) in [6, 6.07) is -1.83. The van der Waals surface area contributed by atoms with Crippen molar-refractivity contribution >= 4 is 11.9 Å². The van der Waals surface area contributed by atoms with Gasteiger partial charge in [-0.15, -0.1) is 0 Å². The number of carbonyl (C=O) groups is 2. The molecule has 0 aromatic rings. The molecule has 1 atom stereocenters. The number of imide groups is 1. The number of amides is 3. The van der Waals surface area contributed by atoms with Crippen molar-refractivity contribution in [1.82, 2.24) is 9.80 Å². The van der Waals surface area contributed by atoms with Crippen LogP contribution < -0.4 is 0 Å². The van der Waals surface area contributed by atoms with Gasteiger partial charge in [0.1, 0.15) is 6.04 Å². The van der Waals surface area contributed by atoms with Crippen molar-refractivity contribution in [2.24, 2.45) is 0 Å². The largest absolute Gasteiger partial charge is 0.326 e. The standard InChI is InChI=1S/C8H10F2N2O2/c1-11-6(13)4-5-8(9,10)2-3-12(5)7(11)14/h5H,2-4H2,1H3. The van der Waals surface area contributed by atoms with Crippen molar-refractivity contribution in [1.29, 1.82) is 0 Å². The molecule has 0 aromatic heterocycles. The summed E-state index contributed by atoms with van der Waals surface area (Å²) in [6.45, 7) is 0.0358. The van der Waals surface area contributed by atoms with E-state index in [4.69, 9.17) is 0 Å². The zero-order valence-corrected chi connectivity index (χ0v) is 7.67. The van der Waals surface area contributed by atoms with Crippen molar-refractivity contribution in [3.63, 3.8) is 0 Å². The lowest BCUT2D eigenvalue weighted by atomic mass is 10.1. The lowest BCUT2D eigenvalue weighted by Gasteiger charge is -2.35. The third kappa shape index (κ3) is 1.09. The molecule has 0 N–H and O–H groups in total. The second kappa shape index (κ2) is 2.65. The van der Waals surface area contributed by atoms with E-state index in [0.717, 1.165) is 9.80 Å². The van der Waals surface area contributed by atoms with Crippen molar-refractivity contribution in [3.05, 3.63) is 0 Å². The molecule has 0 radical (unpaired) electrons. The summed E-state index contributed by atoms with van der Waals surface area (Å²) >= 11 is 0. The van der Waals surface area contributed by atoms with Gasteiger partial charge in [0.15, 0.2) is 0 Å². The molecule has 2 heterocycles. The van der Waals surface area contributed by atoms with Crippen molar-refractivity contribution in [2.75, 3.05) is 13.6 Å². The van der Waals surface area contributed by atoms with Gasteiger partial charge in [-0.05, 0) is 0 Å². The number of carbonyl (C=O) groups excluding carboxylic acids is 2. The van der Waals surface area contributed by atoms with Gasteiger partial charge in [0.2, 0.25) is 5.91 Å². The number of rotatable bonds is 0. The average Bonchev–Trinajstić information content (AvgIpc) is 2.39. The molecule has 0 bridgehead atoms. The number of urea groups is 1. The molecule has 0 aromatic carbocycles. The van der Waals surface area contributed by atoms with Gasteiger partial charge in [-0.1, -0.05) is 0 Å². The maximum atomic E-state index is 13.2. The fraction of sp³-hybridized carbons (Fsp3) is 0.750. The molecule has 78 valence electrons. The number of hydrogen-bond donors (Lipinski definition) is 0. The first-order chi connectivity index (χ1) is 6.43. The molecule has 2 aliphatic rings. The fourth-order valence-electron chi connectivity index (χ4n) is 1.91. The Morgan fingerprint density at radius 2 is 2.07 bits per heavy atom. The Balaban J connectivity index is 2.29. The van der Waals surface area contributed by atoms with E-state index in [-0.39, 0.29) is 19.4 Å². The van der Waals surface area contributed by atoms with Crippen LogP contribution in [0, 0.1) is 0 Å². The Bertz CT molecular complexity index is 306. The Morgan fingerprint density at radius 1 is 1.43 bits per heavy atom. The van der Waals surface area contributed by atoms with Crippen LogP contribution in [0.1, 0.15) is 12.8 Å². The molecule has 0 aliphatic carbocycles. The number of nitrogens with zero attached hydrogens (tertiary/aromatic N) is 2. The second-order valence-electron chi connectivity index (χ2n) is 3.66. The molecule has 2 aliphatic heterocycles. The highest BCUT2D eigenvalue weighted by atomic mass is 19.3. The van der Waals surface area contributed by atoms with E-state index in [2.05, 4.69) is 0 Å². The molecule has 1 unspecified atom stereocenters. The summed E-state index contributed by atoms with van der Waals surface area (Å²) < 4.78 is 26.4. The SMILES string of the molecule is CN1C(=O)CC2N(CCC2(F)F)C1=O. The third-order valence-electron chi connectivity index (χ3n) is 2.82. The normalized spacial score (nSPS) is 30.9. The number of hydrogen-bond acceptors (Lipinski definition) is 2. The van der Waals surface area contributed by atoms with Gasteiger partial charge in [0.05, 0.1) is 6.42 Å². The summed E-state index contributed by atoms with van der Waals surface area (Å²) in [5, 5.41) is 0. The molecule has 6 heteroatoms. The highest BCUT2D eigenvalue weighted by molar-refractivity contribution is 5.97. The summed E-state index contributed by atoms with van der Waals surface area (Å²) in [5.41, 5.74) is 0. The molecule has 14 heavy (non-hydrogen) atoms. The lowest BCUT2D eigenvalue weighted by molar-refractivity contribution is -0.135. The first kappa shape index (κ1) is 9.36. The molecular formula is C8H10F2N2O2. The monoisotopic (exact) mass is 204 g/mol. The van der Waals surface area contributed by atoms with Crippen LogP contribution in [-0.2, 0) is 4.79 Å². The zero-order chi connectivity index (χ0) is 10.5. The molecule has 2 rings (SSSR count). The van der Waals surface area contributed by atoms with Gasteiger partial charge < -0.3 is 4.90 Å². The predicted octanol–water partition coefficient (Wildman–Crippen LogP) is 0.678. The van der Waals surface area contributed by atoms with E-state index in [1.807, 2.05) is 0 Å². The van der Waals surface area contributed by atoms with E-state index in [9.17, 15) is 18.4 Å². The van der Waals surface area contributed by atoms with Crippen LogP contribution in [0.25, 0.3) is 0 Å². The van der Waals surface area contributed by atoms with Crippen LogP contribution in [0.15, 0.2) is 0 Å². The van der Waals surface area contributed by atoms with E-state index in [1.165, 1.54) is 7.05 Å². The van der Waals surface area contributed by atoms with Gasteiger partial charge in [0, 0.05) is 20.0 Å². The number of fused-ring (bicyclic) bond motifs is 1. The van der Waals surface area contributed by atoms with Gasteiger partial charge in [0.25, 0.3) is 5.92 Å². The Kier molecular flexibility index (Phi) is 1.77. The van der Waals surface area contributed by atoms with Gasteiger partial charge in [-0.3, -0.25) is 9.69 Å². The van der Waals surface area contributed by atoms with Gasteiger partial charge in [-0.25, -0.2) is 13.6 Å². The summed E-state index contributed by atoms with van der Waals surface area (Å²) in [6.07, 6.45) is -0.611. The van der Waals surface area contributed by atoms with E-state index in [1.54, 1.807) is 0 Å². The summed E-state index contributed by atoms with van der Waals surface area (Å²) in [4.78, 5) is 24.6. The fourth-order valence-corrected chi connectivity index (χ4v) is 1.91. The predicted molar refractivity (Wildman–Crippen MR) is 42.8 cm³/mol. The van der Waals surface area contributed by atoms with Crippen LogP contribution in [0.2, 0.25) is 0 Å². The van der Waals surface area contributed by atoms with Crippen LogP contribution >= 0.6 is 0 Å². The topological polar surface area (TPSA) is 40.6 Å². The second-order valence-corrected chi connectivity index (χ2v) is 3.66. The lowest BCUT2D eigenvalue weighted by Crippen LogP contribution is -2.56. The minimum atomic E-state index is -2.91. The molecule has 0 saturated carbocycles. The quantitative estimate of drug-likeness (QED) is 0.582. The van der Waals surface area contributed by atoms with Crippen LogP contribution in [0.4, 0.5) is 13.6 Å². The Hall–Kier alpha value is -1.20. The van der Waals surface area contributed by atoms with Crippen molar-refractivity contribution in [3.8, 4) is 0 Å². The van der Waals surface area contributed by atoms with Gasteiger partial charge >= 0.3 is 6.03 Å². The summed E-state index contributed by atoms with van der Waals surface area (Å²) in [7, 11) is 1.32. The van der Waals surface area contributed by atoms with E-state index >= 15 is 0 Å². The van der Waals surface area contributed by atoms with Crippen LogP contribution in [0.5, 0.6) is 0 Å². The number of halogens is 2. The zero-order valence-electron chi connectivity index (χ0n) is 7.67. The van der Waals surface area contributed by atoms with E-state index in [0.29, 0.717) is 0 Å². The van der Waals surface area contributed by atoms with Gasteiger partial charge in [-0.2, -0.15) is 0 Å².